The molecule has 1 N–H and O–H groups in total. The number of carbonyl (C=O) groups excluding carboxylic acids is 1. The van der Waals surface area contributed by atoms with Crippen LogP contribution in [0.4, 0.5) is 0 Å². The number of aliphatic imine (C=N–C) groups is 1. The maximum Gasteiger partial charge on any atom is 0.310 e. The average Bonchev–Trinajstić information content (AvgIpc) is 2.97. The number of hydrogen-bond donors (Lipinski definition) is 1. The van der Waals surface area contributed by atoms with Crippen LogP contribution in [0.15, 0.2) is 35.3 Å². The first kappa shape index (κ1) is 18.1. The lowest BCUT2D eigenvalue weighted by molar-refractivity contribution is -0.145. The van der Waals surface area contributed by atoms with Crippen molar-refractivity contribution in [3.8, 4) is 5.75 Å². The lowest BCUT2D eigenvalue weighted by atomic mass is 9.99. The Morgan fingerprint density at radius 1 is 1.38 bits per heavy atom. The summed E-state index contributed by atoms with van der Waals surface area (Å²) in [6.45, 7) is 6.12. The summed E-state index contributed by atoms with van der Waals surface area (Å²) in [5.41, 5.74) is 0. The molecule has 6 nitrogen and oxygen atoms in total. The largest absolute Gasteiger partial charge is 0.489 e. The van der Waals surface area contributed by atoms with E-state index in [9.17, 15) is 4.79 Å². The number of nitrogens with zero attached hydrogens (tertiary/aromatic N) is 2. The zero-order valence-corrected chi connectivity index (χ0v) is 14.9. The SMILES string of the molecule is CN=C(NCC(C)Oc1ccccc1)N1CC(C)C(C(=O)OC)C1. The molecule has 3 atom stereocenters. The molecule has 1 heterocycles. The van der Waals surface area contributed by atoms with Gasteiger partial charge in [0.05, 0.1) is 19.6 Å². The van der Waals surface area contributed by atoms with Gasteiger partial charge in [-0.2, -0.15) is 0 Å². The predicted molar refractivity (Wildman–Crippen MR) is 94.1 cm³/mol. The summed E-state index contributed by atoms with van der Waals surface area (Å²) in [5, 5.41) is 3.33. The summed E-state index contributed by atoms with van der Waals surface area (Å²) in [5.74, 6) is 1.63. The van der Waals surface area contributed by atoms with Crippen LogP contribution in [-0.2, 0) is 9.53 Å². The first-order valence-electron chi connectivity index (χ1n) is 8.30. The van der Waals surface area contributed by atoms with E-state index >= 15 is 0 Å². The number of para-hydroxylation sites is 1. The van der Waals surface area contributed by atoms with Gasteiger partial charge in [0, 0.05) is 20.1 Å². The number of benzene rings is 1. The van der Waals surface area contributed by atoms with Gasteiger partial charge in [-0.05, 0) is 25.0 Å². The smallest absolute Gasteiger partial charge is 0.310 e. The van der Waals surface area contributed by atoms with Gasteiger partial charge in [-0.25, -0.2) is 0 Å². The number of esters is 1. The van der Waals surface area contributed by atoms with E-state index in [0.717, 1.165) is 18.3 Å². The molecule has 1 fully saturated rings. The molecular formula is C18H27N3O3. The van der Waals surface area contributed by atoms with Crippen molar-refractivity contribution in [3.05, 3.63) is 30.3 Å². The Morgan fingerprint density at radius 3 is 2.71 bits per heavy atom. The molecule has 132 valence electrons. The van der Waals surface area contributed by atoms with Gasteiger partial charge in [-0.1, -0.05) is 25.1 Å². The maximum atomic E-state index is 11.8. The molecule has 0 saturated carbocycles. The van der Waals surface area contributed by atoms with Gasteiger partial charge >= 0.3 is 5.97 Å². The maximum absolute atomic E-state index is 11.8. The van der Waals surface area contributed by atoms with Gasteiger partial charge in [-0.15, -0.1) is 0 Å². The number of methoxy groups -OCH3 is 1. The summed E-state index contributed by atoms with van der Waals surface area (Å²) in [6.07, 6.45) is 0.000538. The van der Waals surface area contributed by atoms with Crippen LogP contribution in [0.2, 0.25) is 0 Å². The highest BCUT2D eigenvalue weighted by Crippen LogP contribution is 2.24. The first-order chi connectivity index (χ1) is 11.5. The van der Waals surface area contributed by atoms with Crippen molar-refractivity contribution in [1.29, 1.82) is 0 Å². The molecule has 0 radical (unpaired) electrons. The van der Waals surface area contributed by atoms with E-state index < -0.39 is 0 Å². The molecule has 0 bridgehead atoms. The fourth-order valence-electron chi connectivity index (χ4n) is 2.94. The predicted octanol–water partition coefficient (Wildman–Crippen LogP) is 1.77. The zero-order chi connectivity index (χ0) is 17.5. The Bertz CT molecular complexity index is 562. The van der Waals surface area contributed by atoms with Crippen LogP contribution in [0.1, 0.15) is 13.8 Å². The van der Waals surface area contributed by atoms with Crippen molar-refractivity contribution in [2.75, 3.05) is 33.8 Å². The number of nitrogens with one attached hydrogen (secondary N) is 1. The van der Waals surface area contributed by atoms with Gasteiger partial charge in [0.2, 0.25) is 0 Å². The van der Waals surface area contributed by atoms with Crippen molar-refractivity contribution < 1.29 is 14.3 Å². The summed E-state index contributed by atoms with van der Waals surface area (Å²) in [4.78, 5) is 18.2. The van der Waals surface area contributed by atoms with Crippen LogP contribution in [0.3, 0.4) is 0 Å². The summed E-state index contributed by atoms with van der Waals surface area (Å²) < 4.78 is 10.7. The molecule has 1 aromatic rings. The average molecular weight is 333 g/mol. The fourth-order valence-corrected chi connectivity index (χ4v) is 2.94. The standard InChI is InChI=1S/C18H27N3O3/c1-13-11-21(12-16(13)17(22)23-4)18(19-3)20-10-14(2)24-15-8-6-5-7-9-15/h5-9,13-14,16H,10-12H2,1-4H3,(H,19,20). The third-order valence-corrected chi connectivity index (χ3v) is 4.26. The second kappa shape index (κ2) is 8.57. The second-order valence-corrected chi connectivity index (χ2v) is 6.18. The molecule has 1 aliphatic rings. The molecule has 0 spiro atoms. The monoisotopic (exact) mass is 333 g/mol. The number of carbonyl (C=O) groups is 1. The number of rotatable bonds is 5. The van der Waals surface area contributed by atoms with Gasteiger partial charge in [0.15, 0.2) is 5.96 Å². The number of likely N-dealkylation sites (tertiary alicyclic amines) is 1. The third kappa shape index (κ3) is 4.63. The van der Waals surface area contributed by atoms with Gasteiger partial charge in [0.1, 0.15) is 11.9 Å². The van der Waals surface area contributed by atoms with E-state index in [4.69, 9.17) is 9.47 Å². The minimum Gasteiger partial charge on any atom is -0.489 e. The number of guanidine groups is 1. The van der Waals surface area contributed by atoms with Crippen molar-refractivity contribution in [2.24, 2.45) is 16.8 Å². The molecule has 1 saturated heterocycles. The van der Waals surface area contributed by atoms with E-state index in [1.807, 2.05) is 37.3 Å². The Labute approximate surface area is 143 Å². The van der Waals surface area contributed by atoms with Crippen molar-refractivity contribution in [3.63, 3.8) is 0 Å². The highest BCUT2D eigenvalue weighted by molar-refractivity contribution is 5.82. The summed E-state index contributed by atoms with van der Waals surface area (Å²) >= 11 is 0. The fraction of sp³-hybridized carbons (Fsp3) is 0.556. The van der Waals surface area contributed by atoms with Crippen LogP contribution in [0, 0.1) is 11.8 Å². The number of hydrogen-bond acceptors (Lipinski definition) is 4. The molecule has 0 aromatic heterocycles. The van der Waals surface area contributed by atoms with Gasteiger partial charge in [0.25, 0.3) is 0 Å². The lowest BCUT2D eigenvalue weighted by Gasteiger charge is -2.23. The molecule has 0 aliphatic carbocycles. The van der Waals surface area contributed by atoms with Crippen LogP contribution in [0.5, 0.6) is 5.75 Å². The number of ether oxygens (including phenoxy) is 2. The van der Waals surface area contributed by atoms with Gasteiger partial charge < -0.3 is 19.7 Å². The van der Waals surface area contributed by atoms with Crippen LogP contribution < -0.4 is 10.1 Å². The molecular weight excluding hydrogens is 306 g/mol. The van der Waals surface area contributed by atoms with Crippen LogP contribution in [-0.4, -0.2) is 56.7 Å². The van der Waals surface area contributed by atoms with Crippen LogP contribution in [0.25, 0.3) is 0 Å². The van der Waals surface area contributed by atoms with Crippen molar-refractivity contribution in [2.45, 2.75) is 20.0 Å². The Hall–Kier alpha value is -2.24. The lowest BCUT2D eigenvalue weighted by Crippen LogP contribution is -2.44. The normalized spacial score (nSPS) is 22.2. The van der Waals surface area contributed by atoms with E-state index in [2.05, 4.69) is 22.1 Å². The topological polar surface area (TPSA) is 63.2 Å². The Kier molecular flexibility index (Phi) is 6.46. The molecule has 0 amide bonds. The van der Waals surface area contributed by atoms with E-state index in [0.29, 0.717) is 13.1 Å². The molecule has 6 heteroatoms. The third-order valence-electron chi connectivity index (χ3n) is 4.26. The zero-order valence-electron chi connectivity index (χ0n) is 14.9. The summed E-state index contributed by atoms with van der Waals surface area (Å²) in [6, 6.07) is 9.74. The van der Waals surface area contributed by atoms with Crippen molar-refractivity contribution >= 4 is 11.9 Å². The molecule has 2 rings (SSSR count). The van der Waals surface area contributed by atoms with Crippen LogP contribution >= 0.6 is 0 Å². The Balaban J connectivity index is 1.85. The molecule has 24 heavy (non-hydrogen) atoms. The minimum atomic E-state index is -0.152. The van der Waals surface area contributed by atoms with E-state index in [1.165, 1.54) is 7.11 Å². The second-order valence-electron chi connectivity index (χ2n) is 6.18. The Morgan fingerprint density at radius 2 is 2.08 bits per heavy atom. The quantitative estimate of drug-likeness (QED) is 0.505. The molecule has 3 unspecified atom stereocenters. The molecule has 1 aliphatic heterocycles. The highest BCUT2D eigenvalue weighted by Gasteiger charge is 2.36. The molecule has 1 aromatic carbocycles. The van der Waals surface area contributed by atoms with Crippen molar-refractivity contribution in [1.82, 2.24) is 10.2 Å². The van der Waals surface area contributed by atoms with Gasteiger partial charge in [-0.3, -0.25) is 9.79 Å². The van der Waals surface area contributed by atoms with E-state index in [-0.39, 0.29) is 23.9 Å². The first-order valence-corrected chi connectivity index (χ1v) is 8.30. The minimum absolute atomic E-state index is 0.000538. The van der Waals surface area contributed by atoms with E-state index in [1.54, 1.807) is 7.05 Å². The summed E-state index contributed by atoms with van der Waals surface area (Å²) in [7, 11) is 3.19. The highest BCUT2D eigenvalue weighted by atomic mass is 16.5.